The van der Waals surface area contributed by atoms with Crippen LogP contribution in [-0.4, -0.2) is 49.0 Å². The average Bonchev–Trinajstić information content (AvgIpc) is 2.34. The Morgan fingerprint density at radius 2 is 2.06 bits per heavy atom. The van der Waals surface area contributed by atoms with Crippen molar-refractivity contribution in [1.29, 1.82) is 0 Å². The van der Waals surface area contributed by atoms with E-state index in [9.17, 15) is 0 Å². The lowest BCUT2D eigenvalue weighted by Gasteiger charge is -2.33. The second-order valence-corrected chi connectivity index (χ2v) is 5.74. The van der Waals surface area contributed by atoms with E-state index < -0.39 is 0 Å². The monoisotopic (exact) mass is 385 g/mol. The first-order valence-electron chi connectivity index (χ1n) is 6.80. The van der Waals surface area contributed by atoms with Gasteiger partial charge >= 0.3 is 0 Å². The van der Waals surface area contributed by atoms with Gasteiger partial charge in [0.25, 0.3) is 0 Å². The van der Waals surface area contributed by atoms with Crippen LogP contribution in [0.1, 0.15) is 33.1 Å². The van der Waals surface area contributed by atoms with E-state index in [1.165, 1.54) is 25.0 Å². The van der Waals surface area contributed by atoms with Gasteiger partial charge in [-0.1, -0.05) is 6.92 Å². The van der Waals surface area contributed by atoms with Crippen LogP contribution < -0.4 is 5.32 Å². The molecule has 0 aliphatic carbocycles. The molecule has 0 aromatic carbocycles. The molecule has 1 fully saturated rings. The van der Waals surface area contributed by atoms with Crippen molar-refractivity contribution in [3.8, 4) is 0 Å². The SMILES string of the molecule is CCNC(=NCCCSC)N1CCC(C)CC1.I. The lowest BCUT2D eigenvalue weighted by Crippen LogP contribution is -2.45. The van der Waals surface area contributed by atoms with Gasteiger partial charge in [0.05, 0.1) is 0 Å². The molecule has 0 saturated carbocycles. The van der Waals surface area contributed by atoms with E-state index in [1.54, 1.807) is 0 Å². The first-order chi connectivity index (χ1) is 8.27. The summed E-state index contributed by atoms with van der Waals surface area (Å²) in [4.78, 5) is 7.14. The maximum absolute atomic E-state index is 4.72. The number of thioether (sulfide) groups is 1. The number of rotatable bonds is 5. The summed E-state index contributed by atoms with van der Waals surface area (Å²) in [5, 5.41) is 3.41. The van der Waals surface area contributed by atoms with Crippen LogP contribution in [0.5, 0.6) is 0 Å². The summed E-state index contributed by atoms with van der Waals surface area (Å²) in [6.45, 7) is 8.73. The van der Waals surface area contributed by atoms with Crippen LogP contribution in [0.15, 0.2) is 4.99 Å². The van der Waals surface area contributed by atoms with Gasteiger partial charge in [-0.3, -0.25) is 4.99 Å². The molecule has 5 heteroatoms. The molecule has 108 valence electrons. The number of hydrogen-bond donors (Lipinski definition) is 1. The van der Waals surface area contributed by atoms with Crippen molar-refractivity contribution in [3.63, 3.8) is 0 Å². The van der Waals surface area contributed by atoms with E-state index in [0.29, 0.717) is 0 Å². The fourth-order valence-electron chi connectivity index (χ4n) is 2.04. The number of halogens is 1. The average molecular weight is 385 g/mol. The van der Waals surface area contributed by atoms with Gasteiger partial charge in [0.15, 0.2) is 5.96 Å². The van der Waals surface area contributed by atoms with Crippen LogP contribution in [0.2, 0.25) is 0 Å². The Bertz CT molecular complexity index is 228. The quantitative estimate of drug-likeness (QED) is 0.341. The van der Waals surface area contributed by atoms with Gasteiger partial charge in [-0.2, -0.15) is 11.8 Å². The minimum absolute atomic E-state index is 0. The van der Waals surface area contributed by atoms with Crippen LogP contribution in [-0.2, 0) is 0 Å². The number of aliphatic imine (C=N–C) groups is 1. The molecule has 18 heavy (non-hydrogen) atoms. The first-order valence-corrected chi connectivity index (χ1v) is 8.19. The molecule has 1 N–H and O–H groups in total. The van der Waals surface area contributed by atoms with Gasteiger partial charge in [0, 0.05) is 26.2 Å². The van der Waals surface area contributed by atoms with Crippen molar-refractivity contribution >= 4 is 41.7 Å². The summed E-state index contributed by atoms with van der Waals surface area (Å²) < 4.78 is 0. The largest absolute Gasteiger partial charge is 0.357 e. The summed E-state index contributed by atoms with van der Waals surface area (Å²) in [6.07, 6.45) is 5.94. The molecular weight excluding hydrogens is 357 g/mol. The second kappa shape index (κ2) is 11.2. The van der Waals surface area contributed by atoms with E-state index in [1.807, 2.05) is 11.8 Å². The third-order valence-corrected chi connectivity index (χ3v) is 3.88. The molecule has 1 heterocycles. The van der Waals surface area contributed by atoms with Gasteiger partial charge in [-0.15, -0.1) is 24.0 Å². The highest BCUT2D eigenvalue weighted by Crippen LogP contribution is 2.15. The van der Waals surface area contributed by atoms with E-state index in [4.69, 9.17) is 4.99 Å². The topological polar surface area (TPSA) is 27.6 Å². The molecule has 0 aromatic heterocycles. The Labute approximate surface area is 134 Å². The Kier molecular flexibility index (Phi) is 11.4. The zero-order valence-corrected chi connectivity index (χ0v) is 15.1. The number of guanidine groups is 1. The molecule has 0 radical (unpaired) electrons. The first kappa shape index (κ1) is 18.4. The number of nitrogens with one attached hydrogen (secondary N) is 1. The summed E-state index contributed by atoms with van der Waals surface area (Å²) in [6, 6.07) is 0. The van der Waals surface area contributed by atoms with Crippen molar-refractivity contribution in [2.24, 2.45) is 10.9 Å². The number of hydrogen-bond acceptors (Lipinski definition) is 2. The predicted octanol–water partition coefficient (Wildman–Crippen LogP) is 3.05. The van der Waals surface area contributed by atoms with E-state index in [2.05, 4.69) is 30.3 Å². The van der Waals surface area contributed by atoms with Crippen molar-refractivity contribution in [3.05, 3.63) is 0 Å². The normalized spacial score (nSPS) is 17.5. The van der Waals surface area contributed by atoms with Crippen LogP contribution >= 0.6 is 35.7 Å². The molecule has 0 unspecified atom stereocenters. The lowest BCUT2D eigenvalue weighted by molar-refractivity contribution is 0.273. The Morgan fingerprint density at radius 1 is 1.39 bits per heavy atom. The van der Waals surface area contributed by atoms with Crippen LogP contribution in [0.4, 0.5) is 0 Å². The van der Waals surface area contributed by atoms with Gasteiger partial charge < -0.3 is 10.2 Å². The molecule has 0 amide bonds. The maximum atomic E-state index is 4.72. The third-order valence-electron chi connectivity index (χ3n) is 3.19. The zero-order valence-electron chi connectivity index (χ0n) is 11.9. The summed E-state index contributed by atoms with van der Waals surface area (Å²) in [7, 11) is 0. The Balaban J connectivity index is 0.00000289. The minimum Gasteiger partial charge on any atom is -0.357 e. The highest BCUT2D eigenvalue weighted by atomic mass is 127. The van der Waals surface area contributed by atoms with Crippen LogP contribution in [0.3, 0.4) is 0 Å². The highest BCUT2D eigenvalue weighted by Gasteiger charge is 2.18. The standard InChI is InChI=1S/C13H27N3S.HI/c1-4-14-13(15-8-5-11-17-3)16-9-6-12(2)7-10-16;/h12H,4-11H2,1-3H3,(H,14,15);1H. The van der Waals surface area contributed by atoms with Crippen molar-refractivity contribution < 1.29 is 0 Å². The van der Waals surface area contributed by atoms with Gasteiger partial charge in [0.1, 0.15) is 0 Å². The number of likely N-dealkylation sites (tertiary alicyclic amines) is 1. The summed E-state index contributed by atoms with van der Waals surface area (Å²) in [5.41, 5.74) is 0. The van der Waals surface area contributed by atoms with E-state index in [0.717, 1.165) is 38.1 Å². The molecule has 3 nitrogen and oxygen atoms in total. The molecule has 1 rings (SSSR count). The molecule has 0 atom stereocenters. The molecule has 1 aliphatic heterocycles. The summed E-state index contributed by atoms with van der Waals surface area (Å²) in [5.74, 6) is 3.21. The lowest BCUT2D eigenvalue weighted by atomic mass is 10.00. The minimum atomic E-state index is 0. The second-order valence-electron chi connectivity index (χ2n) is 4.75. The number of nitrogens with zero attached hydrogens (tertiary/aromatic N) is 2. The van der Waals surface area contributed by atoms with Crippen LogP contribution in [0.25, 0.3) is 0 Å². The maximum Gasteiger partial charge on any atom is 0.193 e. The molecule has 0 bridgehead atoms. The van der Waals surface area contributed by atoms with Gasteiger partial charge in [-0.25, -0.2) is 0 Å². The molecule has 0 spiro atoms. The van der Waals surface area contributed by atoms with Gasteiger partial charge in [-0.05, 0) is 44.1 Å². The van der Waals surface area contributed by atoms with Gasteiger partial charge in [0.2, 0.25) is 0 Å². The smallest absolute Gasteiger partial charge is 0.193 e. The van der Waals surface area contributed by atoms with E-state index >= 15 is 0 Å². The fraction of sp³-hybridized carbons (Fsp3) is 0.923. The third kappa shape index (κ3) is 7.07. The molecular formula is C13H28IN3S. The fourth-order valence-corrected chi connectivity index (χ4v) is 2.46. The van der Waals surface area contributed by atoms with Crippen molar-refractivity contribution in [2.45, 2.75) is 33.1 Å². The van der Waals surface area contributed by atoms with E-state index in [-0.39, 0.29) is 24.0 Å². The summed E-state index contributed by atoms with van der Waals surface area (Å²) >= 11 is 1.90. The molecule has 0 aromatic rings. The predicted molar refractivity (Wildman–Crippen MR) is 94.4 cm³/mol. The zero-order chi connectivity index (χ0) is 12.5. The van der Waals surface area contributed by atoms with Crippen LogP contribution in [0, 0.1) is 5.92 Å². The molecule has 1 aliphatic rings. The number of piperidine rings is 1. The molecule has 1 saturated heterocycles. The Morgan fingerprint density at radius 3 is 2.61 bits per heavy atom. The Hall–Kier alpha value is 0.350. The van der Waals surface area contributed by atoms with Crippen molar-refractivity contribution in [2.75, 3.05) is 38.2 Å². The van der Waals surface area contributed by atoms with Crippen molar-refractivity contribution in [1.82, 2.24) is 10.2 Å². The highest BCUT2D eigenvalue weighted by molar-refractivity contribution is 14.0.